The van der Waals surface area contributed by atoms with Crippen LogP contribution in [-0.4, -0.2) is 16.4 Å². The Hall–Kier alpha value is -2.56. The van der Waals surface area contributed by atoms with Crippen LogP contribution < -0.4 is 11.1 Å². The predicted octanol–water partition coefficient (Wildman–Crippen LogP) is 3.97. The maximum atomic E-state index is 8.71. The molecule has 114 valence electrons. The van der Waals surface area contributed by atoms with E-state index >= 15 is 0 Å². The molecule has 0 unspecified atom stereocenters. The zero-order valence-electron chi connectivity index (χ0n) is 12.3. The number of thioether (sulfide) groups is 1. The number of anilines is 1. The summed E-state index contributed by atoms with van der Waals surface area (Å²) in [4.78, 5) is 9.07. The number of nitrogen functional groups attached to an aromatic ring is 1. The molecule has 1 heterocycles. The first-order chi connectivity index (χ1) is 11.2. The Balaban J connectivity index is 1.99. The molecule has 0 bridgehead atoms. The Morgan fingerprint density at radius 2 is 2.22 bits per heavy atom. The fraction of sp³-hybridized carbons (Fsp3) is 0.0625. The predicted molar refractivity (Wildman–Crippen MR) is 98.8 cm³/mol. The number of aliphatic imine (C=N–C) groups is 1. The Bertz CT molecular complexity index is 924. The topological polar surface area (TPSA) is 87.1 Å². The highest BCUT2D eigenvalue weighted by atomic mass is 32.2. The van der Waals surface area contributed by atoms with Gasteiger partial charge in [-0.15, -0.1) is 11.3 Å². The summed E-state index contributed by atoms with van der Waals surface area (Å²) in [7, 11) is 0. The van der Waals surface area contributed by atoms with Crippen molar-refractivity contribution < 1.29 is 0 Å². The standard InChI is InChI=1S/C16H13N5S2/c1-22-16(19-9-17)20-12-4-2-3-10(7-12)15-21-13-6-5-11(18)8-14(13)23-15/h2-8H,18H2,1H3,(H,19,20). The summed E-state index contributed by atoms with van der Waals surface area (Å²) >= 11 is 2.98. The highest BCUT2D eigenvalue weighted by Gasteiger charge is 2.07. The second-order valence-electron chi connectivity index (χ2n) is 4.65. The molecule has 0 aliphatic rings. The zero-order valence-corrected chi connectivity index (χ0v) is 13.9. The van der Waals surface area contributed by atoms with Crippen molar-refractivity contribution in [2.75, 3.05) is 12.0 Å². The first-order valence-corrected chi connectivity index (χ1v) is 8.78. The van der Waals surface area contributed by atoms with Gasteiger partial charge >= 0.3 is 0 Å². The SMILES string of the molecule is CSC(=Nc1cccc(-c2nc3ccc(N)cc3s2)c1)NC#N. The van der Waals surface area contributed by atoms with E-state index in [1.807, 2.05) is 54.9 Å². The van der Waals surface area contributed by atoms with Crippen LogP contribution in [0.15, 0.2) is 47.5 Å². The maximum Gasteiger partial charge on any atom is 0.183 e. The van der Waals surface area contributed by atoms with E-state index in [-0.39, 0.29) is 0 Å². The lowest BCUT2D eigenvalue weighted by Crippen LogP contribution is -2.12. The number of thiazole rings is 1. The van der Waals surface area contributed by atoms with Crippen LogP contribution in [0, 0.1) is 11.5 Å². The summed E-state index contributed by atoms with van der Waals surface area (Å²) in [5.41, 5.74) is 9.25. The summed E-state index contributed by atoms with van der Waals surface area (Å²) in [5, 5.41) is 12.7. The Morgan fingerprint density at radius 1 is 1.35 bits per heavy atom. The number of nitrogens with one attached hydrogen (secondary N) is 1. The molecule has 1 aromatic heterocycles. The Kier molecular flexibility index (Phi) is 4.46. The lowest BCUT2D eigenvalue weighted by molar-refractivity contribution is 1.28. The second kappa shape index (κ2) is 6.69. The first kappa shape index (κ1) is 15.3. The largest absolute Gasteiger partial charge is 0.399 e. The molecule has 3 N–H and O–H groups in total. The van der Waals surface area contributed by atoms with Gasteiger partial charge in [0.05, 0.1) is 15.9 Å². The third-order valence-electron chi connectivity index (χ3n) is 3.09. The molecule has 0 spiro atoms. The Labute approximate surface area is 141 Å². The zero-order chi connectivity index (χ0) is 16.2. The van der Waals surface area contributed by atoms with Crippen molar-refractivity contribution in [3.8, 4) is 16.8 Å². The van der Waals surface area contributed by atoms with Gasteiger partial charge in [0.15, 0.2) is 11.4 Å². The molecule has 2 aromatic carbocycles. The molecule has 7 heteroatoms. The third-order valence-corrected chi connectivity index (χ3v) is 4.74. The molecular formula is C16H13N5S2. The van der Waals surface area contributed by atoms with Crippen LogP contribution in [-0.2, 0) is 0 Å². The summed E-state index contributed by atoms with van der Waals surface area (Å²) in [5.74, 6) is 0. The number of rotatable bonds is 2. The fourth-order valence-corrected chi connectivity index (χ4v) is 3.42. The molecule has 0 atom stereocenters. The van der Waals surface area contributed by atoms with E-state index < -0.39 is 0 Å². The minimum atomic E-state index is 0.557. The van der Waals surface area contributed by atoms with E-state index in [4.69, 9.17) is 11.0 Å². The van der Waals surface area contributed by atoms with Crippen LogP contribution in [0.4, 0.5) is 11.4 Å². The smallest absolute Gasteiger partial charge is 0.183 e. The number of hydrogen-bond acceptors (Lipinski definition) is 6. The van der Waals surface area contributed by atoms with Crippen molar-refractivity contribution >= 4 is 49.9 Å². The maximum absolute atomic E-state index is 8.71. The number of aromatic nitrogens is 1. The third kappa shape index (κ3) is 3.44. The molecule has 0 amide bonds. The van der Waals surface area contributed by atoms with Crippen LogP contribution >= 0.6 is 23.1 Å². The second-order valence-corrected chi connectivity index (χ2v) is 6.48. The van der Waals surface area contributed by atoms with Crippen molar-refractivity contribution in [3.05, 3.63) is 42.5 Å². The molecular weight excluding hydrogens is 326 g/mol. The van der Waals surface area contributed by atoms with Gasteiger partial charge in [0, 0.05) is 11.3 Å². The minimum absolute atomic E-state index is 0.557. The van der Waals surface area contributed by atoms with Gasteiger partial charge in [-0.05, 0) is 36.6 Å². The highest BCUT2D eigenvalue weighted by molar-refractivity contribution is 8.13. The summed E-state index contributed by atoms with van der Waals surface area (Å²) in [6.07, 6.45) is 3.75. The van der Waals surface area contributed by atoms with E-state index in [9.17, 15) is 0 Å². The quantitative estimate of drug-likeness (QED) is 0.242. The van der Waals surface area contributed by atoms with Crippen LogP contribution in [0.1, 0.15) is 0 Å². The van der Waals surface area contributed by atoms with Crippen LogP contribution in [0.25, 0.3) is 20.8 Å². The van der Waals surface area contributed by atoms with E-state index in [0.717, 1.165) is 32.2 Å². The lowest BCUT2D eigenvalue weighted by atomic mass is 10.2. The summed E-state index contributed by atoms with van der Waals surface area (Å²) < 4.78 is 1.06. The monoisotopic (exact) mass is 339 g/mol. The molecule has 3 rings (SSSR count). The summed E-state index contributed by atoms with van der Waals surface area (Å²) in [6.45, 7) is 0. The molecule has 3 aromatic rings. The summed E-state index contributed by atoms with van der Waals surface area (Å²) in [6, 6.07) is 13.5. The van der Waals surface area contributed by atoms with Gasteiger partial charge in [-0.3, -0.25) is 5.32 Å². The van der Waals surface area contributed by atoms with Gasteiger partial charge in [0.1, 0.15) is 5.01 Å². The van der Waals surface area contributed by atoms with E-state index in [2.05, 4.69) is 15.3 Å². The average molecular weight is 339 g/mol. The van der Waals surface area contributed by atoms with E-state index in [1.165, 1.54) is 11.8 Å². The van der Waals surface area contributed by atoms with Crippen LogP contribution in [0.5, 0.6) is 0 Å². The number of nitrogens with two attached hydrogens (primary N) is 1. The van der Waals surface area contributed by atoms with Gasteiger partial charge in [0.2, 0.25) is 0 Å². The molecule has 0 aliphatic heterocycles. The van der Waals surface area contributed by atoms with Crippen molar-refractivity contribution in [2.45, 2.75) is 0 Å². The van der Waals surface area contributed by atoms with E-state index in [0.29, 0.717) is 5.17 Å². The average Bonchev–Trinajstić information content (AvgIpc) is 2.98. The van der Waals surface area contributed by atoms with Crippen LogP contribution in [0.3, 0.4) is 0 Å². The number of benzene rings is 2. The molecule has 0 aliphatic carbocycles. The molecule has 0 radical (unpaired) electrons. The minimum Gasteiger partial charge on any atom is -0.399 e. The molecule has 5 nitrogen and oxygen atoms in total. The number of amidine groups is 1. The number of fused-ring (bicyclic) bond motifs is 1. The first-order valence-electron chi connectivity index (χ1n) is 6.74. The number of hydrogen-bond donors (Lipinski definition) is 2. The van der Waals surface area contributed by atoms with Gasteiger partial charge in [-0.1, -0.05) is 23.9 Å². The lowest BCUT2D eigenvalue weighted by Gasteiger charge is -2.01. The van der Waals surface area contributed by atoms with Gasteiger partial charge in [-0.2, -0.15) is 5.26 Å². The Morgan fingerprint density at radius 3 is 3.00 bits per heavy atom. The highest BCUT2D eigenvalue weighted by Crippen LogP contribution is 2.32. The van der Waals surface area contributed by atoms with Gasteiger partial charge in [-0.25, -0.2) is 9.98 Å². The van der Waals surface area contributed by atoms with Crippen molar-refractivity contribution in [3.63, 3.8) is 0 Å². The molecule has 23 heavy (non-hydrogen) atoms. The van der Waals surface area contributed by atoms with Crippen molar-refractivity contribution in [2.24, 2.45) is 4.99 Å². The number of nitrogens with zero attached hydrogens (tertiary/aromatic N) is 3. The van der Waals surface area contributed by atoms with Gasteiger partial charge in [0.25, 0.3) is 0 Å². The number of nitriles is 1. The van der Waals surface area contributed by atoms with Crippen molar-refractivity contribution in [1.29, 1.82) is 5.26 Å². The van der Waals surface area contributed by atoms with Crippen molar-refractivity contribution in [1.82, 2.24) is 10.3 Å². The molecule has 0 saturated heterocycles. The van der Waals surface area contributed by atoms with E-state index in [1.54, 1.807) is 11.3 Å². The fourth-order valence-electron chi connectivity index (χ4n) is 2.06. The molecule has 0 fully saturated rings. The molecule has 0 saturated carbocycles. The normalized spacial score (nSPS) is 11.4. The van der Waals surface area contributed by atoms with Gasteiger partial charge < -0.3 is 5.73 Å². The van der Waals surface area contributed by atoms with Crippen LogP contribution in [0.2, 0.25) is 0 Å².